The van der Waals surface area contributed by atoms with Crippen molar-refractivity contribution in [3.05, 3.63) is 33.2 Å². The Morgan fingerprint density at radius 2 is 1.67 bits per heavy atom. The fraction of sp³-hybridized carbons (Fsp3) is 0.636. The van der Waals surface area contributed by atoms with E-state index in [1.54, 1.807) is 23.5 Å². The number of allylic oxidation sites excluding steroid dienone is 2. The predicted molar refractivity (Wildman–Crippen MR) is 134 cm³/mol. The molecule has 0 aromatic carbocycles. The highest BCUT2D eigenvalue weighted by atomic mass is 79.9. The minimum Gasteiger partial charge on any atom is -0.330 e. The highest BCUT2D eigenvalue weighted by Crippen LogP contribution is 2.53. The summed E-state index contributed by atoms with van der Waals surface area (Å²) in [5.41, 5.74) is 1.65. The van der Waals surface area contributed by atoms with Crippen molar-refractivity contribution >= 4 is 67.2 Å². The van der Waals surface area contributed by atoms with Crippen LogP contribution in [0.4, 0.5) is 0 Å². The summed E-state index contributed by atoms with van der Waals surface area (Å²) in [4.78, 5) is 33.7. The number of carbonyl (C=O) groups is 2. The molecule has 0 saturated carbocycles. The number of likely N-dealkylation sites (tertiary alicyclic amines) is 1. The Morgan fingerprint density at radius 3 is 2.27 bits per heavy atom. The average molecular weight is 576 g/mol. The maximum absolute atomic E-state index is 13.8. The number of thioether (sulfide) groups is 2. The maximum atomic E-state index is 13.8. The van der Waals surface area contributed by atoms with E-state index in [0.717, 1.165) is 54.7 Å². The molecule has 0 bridgehead atoms. The second-order valence-corrected chi connectivity index (χ2v) is 14.0. The first-order chi connectivity index (χ1) is 14.5. The van der Waals surface area contributed by atoms with Crippen LogP contribution in [0, 0.1) is 5.92 Å². The summed E-state index contributed by atoms with van der Waals surface area (Å²) in [6.45, 7) is 5.70. The molecule has 164 valence electrons. The lowest BCUT2D eigenvalue weighted by Crippen LogP contribution is -2.42. The fourth-order valence-corrected chi connectivity index (χ4v) is 8.30. The van der Waals surface area contributed by atoms with Crippen molar-refractivity contribution in [3.63, 3.8) is 0 Å². The SMILES string of the molecule is CCCCN1C(=O)C2C(=C1C1=CCC(Br)S1)C(=O)N(CCCC)C2C1=CCC(Br)S1. The van der Waals surface area contributed by atoms with Gasteiger partial charge < -0.3 is 9.80 Å². The number of carbonyl (C=O) groups excluding carboxylic acids is 2. The molecular weight excluding hydrogens is 548 g/mol. The van der Waals surface area contributed by atoms with Crippen molar-refractivity contribution in [2.75, 3.05) is 13.1 Å². The third-order valence-electron chi connectivity index (χ3n) is 6.04. The number of hydrogen-bond acceptors (Lipinski definition) is 4. The molecule has 0 spiro atoms. The Balaban J connectivity index is 1.78. The van der Waals surface area contributed by atoms with E-state index in [0.29, 0.717) is 21.4 Å². The van der Waals surface area contributed by atoms with E-state index in [4.69, 9.17) is 0 Å². The first-order valence-electron chi connectivity index (χ1n) is 10.9. The van der Waals surface area contributed by atoms with Crippen molar-refractivity contribution in [1.82, 2.24) is 9.80 Å². The van der Waals surface area contributed by atoms with Gasteiger partial charge in [-0.05, 0) is 25.7 Å². The van der Waals surface area contributed by atoms with Crippen LogP contribution in [0.2, 0.25) is 0 Å². The first kappa shape index (κ1) is 23.0. The van der Waals surface area contributed by atoms with Crippen LogP contribution in [0.1, 0.15) is 52.4 Å². The number of hydrogen-bond donors (Lipinski definition) is 0. The summed E-state index contributed by atoms with van der Waals surface area (Å²) < 4.78 is 0.645. The van der Waals surface area contributed by atoms with Gasteiger partial charge in [0, 0.05) is 22.9 Å². The zero-order chi connectivity index (χ0) is 21.4. The summed E-state index contributed by atoms with van der Waals surface area (Å²) in [7, 11) is 0. The molecule has 4 heterocycles. The third kappa shape index (κ3) is 4.11. The molecule has 0 aromatic rings. The smallest absolute Gasteiger partial charge is 0.253 e. The Bertz CT molecular complexity index is 826. The largest absolute Gasteiger partial charge is 0.330 e. The van der Waals surface area contributed by atoms with Gasteiger partial charge in [0.25, 0.3) is 5.91 Å². The molecule has 4 unspecified atom stereocenters. The van der Waals surface area contributed by atoms with Crippen LogP contribution in [0.3, 0.4) is 0 Å². The van der Waals surface area contributed by atoms with E-state index in [9.17, 15) is 9.59 Å². The number of fused-ring (bicyclic) bond motifs is 1. The molecule has 1 saturated heterocycles. The lowest BCUT2D eigenvalue weighted by atomic mass is 9.95. The fourth-order valence-electron chi connectivity index (χ4n) is 4.60. The van der Waals surface area contributed by atoms with Gasteiger partial charge in [-0.15, -0.1) is 23.5 Å². The van der Waals surface area contributed by atoms with E-state index in [-0.39, 0.29) is 23.8 Å². The van der Waals surface area contributed by atoms with E-state index >= 15 is 0 Å². The normalized spacial score (nSPS) is 31.2. The molecule has 4 aliphatic heterocycles. The van der Waals surface area contributed by atoms with Crippen LogP contribution in [0.15, 0.2) is 33.2 Å². The average Bonchev–Trinajstić information content (AvgIpc) is 3.46. The van der Waals surface area contributed by atoms with Crippen LogP contribution >= 0.6 is 55.4 Å². The van der Waals surface area contributed by atoms with Crippen molar-refractivity contribution in [3.8, 4) is 0 Å². The summed E-state index contributed by atoms with van der Waals surface area (Å²) in [5.74, 6) is -0.182. The van der Waals surface area contributed by atoms with Crippen molar-refractivity contribution in [2.24, 2.45) is 5.92 Å². The predicted octanol–water partition coefficient (Wildman–Crippen LogP) is 5.99. The molecule has 4 aliphatic rings. The number of amides is 2. The third-order valence-corrected chi connectivity index (χ3v) is 10.1. The summed E-state index contributed by atoms with van der Waals surface area (Å²) in [6.07, 6.45) is 10.2. The summed E-state index contributed by atoms with van der Waals surface area (Å²) in [6, 6.07) is -0.146. The Labute approximate surface area is 204 Å². The van der Waals surface area contributed by atoms with Gasteiger partial charge in [0.1, 0.15) is 0 Å². The minimum absolute atomic E-state index is 0.0693. The van der Waals surface area contributed by atoms with Gasteiger partial charge in [0.05, 0.1) is 31.5 Å². The molecule has 30 heavy (non-hydrogen) atoms. The second-order valence-electron chi connectivity index (χ2n) is 8.08. The molecule has 8 heteroatoms. The minimum atomic E-state index is -0.367. The number of halogens is 2. The van der Waals surface area contributed by atoms with Gasteiger partial charge in [-0.25, -0.2) is 0 Å². The Kier molecular flexibility index (Phi) is 7.48. The standard InChI is InChI=1S/C22H28Br2N2O2S2/c1-3-5-11-25-19(13-7-9-15(23)29-13)17-18(21(25)27)20(14-8-10-16(24)30-14)26(22(17)28)12-6-4-2/h7-8,15-17,19H,3-6,9-12H2,1-2H3. The molecule has 4 atom stereocenters. The van der Waals surface area contributed by atoms with Gasteiger partial charge in [-0.3, -0.25) is 9.59 Å². The van der Waals surface area contributed by atoms with E-state index in [1.807, 2.05) is 9.80 Å². The highest BCUT2D eigenvalue weighted by Gasteiger charge is 2.57. The first-order valence-corrected chi connectivity index (χ1v) is 14.5. The summed E-state index contributed by atoms with van der Waals surface area (Å²) in [5, 5.41) is 0. The van der Waals surface area contributed by atoms with Crippen LogP contribution in [0.25, 0.3) is 0 Å². The van der Waals surface area contributed by atoms with E-state index < -0.39 is 0 Å². The Morgan fingerprint density at radius 1 is 1.00 bits per heavy atom. The van der Waals surface area contributed by atoms with Crippen LogP contribution < -0.4 is 0 Å². The van der Waals surface area contributed by atoms with Gasteiger partial charge in [-0.1, -0.05) is 70.7 Å². The van der Waals surface area contributed by atoms with Gasteiger partial charge in [0.15, 0.2) is 0 Å². The zero-order valence-electron chi connectivity index (χ0n) is 17.4. The zero-order valence-corrected chi connectivity index (χ0v) is 22.2. The molecule has 4 rings (SSSR count). The molecule has 1 fully saturated rings. The highest BCUT2D eigenvalue weighted by molar-refractivity contribution is 9.11. The molecule has 0 radical (unpaired) electrons. The molecule has 2 amide bonds. The number of rotatable bonds is 8. The lowest BCUT2D eigenvalue weighted by molar-refractivity contribution is -0.131. The monoisotopic (exact) mass is 574 g/mol. The van der Waals surface area contributed by atoms with Crippen LogP contribution in [-0.2, 0) is 9.59 Å². The number of unbranched alkanes of at least 4 members (excludes halogenated alkanes) is 2. The Hall–Kier alpha value is -0.180. The van der Waals surface area contributed by atoms with E-state index in [2.05, 4.69) is 57.9 Å². The second kappa shape index (κ2) is 9.75. The number of nitrogens with zero attached hydrogens (tertiary/aromatic N) is 2. The van der Waals surface area contributed by atoms with Crippen LogP contribution in [0.5, 0.6) is 0 Å². The topological polar surface area (TPSA) is 40.6 Å². The van der Waals surface area contributed by atoms with Crippen molar-refractivity contribution < 1.29 is 9.59 Å². The number of alkyl halides is 2. The van der Waals surface area contributed by atoms with Gasteiger partial charge in [0.2, 0.25) is 5.91 Å². The molecule has 0 aliphatic carbocycles. The molecular formula is C22H28Br2N2O2S2. The lowest BCUT2D eigenvalue weighted by Gasteiger charge is -2.30. The van der Waals surface area contributed by atoms with Crippen molar-refractivity contribution in [1.29, 1.82) is 0 Å². The van der Waals surface area contributed by atoms with Gasteiger partial charge >= 0.3 is 0 Å². The molecule has 0 N–H and O–H groups in total. The maximum Gasteiger partial charge on any atom is 0.253 e. The summed E-state index contributed by atoms with van der Waals surface area (Å²) >= 11 is 10.9. The van der Waals surface area contributed by atoms with Gasteiger partial charge in [-0.2, -0.15) is 0 Å². The van der Waals surface area contributed by atoms with Crippen molar-refractivity contribution in [2.45, 2.75) is 66.7 Å². The van der Waals surface area contributed by atoms with Crippen LogP contribution in [-0.4, -0.2) is 49.1 Å². The molecule has 4 nitrogen and oxygen atoms in total. The quantitative estimate of drug-likeness (QED) is 0.333. The molecule has 0 aromatic heterocycles. The van der Waals surface area contributed by atoms with E-state index in [1.165, 1.54) is 4.91 Å².